The Morgan fingerprint density at radius 3 is 1.04 bits per heavy atom. The first-order valence-electron chi connectivity index (χ1n) is 12.1. The number of carbonyl (C=O) groups excluding carboxylic acids is 3. The molecule has 164 valence electrons. The molecule has 0 saturated heterocycles. The number of carbonyl (C=O) groups is 3. The molecule has 0 N–H and O–H groups in total. The van der Waals surface area contributed by atoms with Crippen LogP contribution in [0.2, 0.25) is 0 Å². The first kappa shape index (κ1) is 27.0. The van der Waals surface area contributed by atoms with Crippen LogP contribution in [0.5, 0.6) is 0 Å². The number of ketones is 3. The maximum Gasteiger partial charge on any atom is 0.132 e. The molecule has 0 aromatic carbocycles. The summed E-state index contributed by atoms with van der Waals surface area (Å²) in [6.45, 7) is 3.72. The molecule has 0 amide bonds. The van der Waals surface area contributed by atoms with Crippen LogP contribution in [0.3, 0.4) is 0 Å². The van der Waals surface area contributed by atoms with E-state index in [0.717, 1.165) is 77.0 Å². The molecule has 0 aromatic rings. The summed E-state index contributed by atoms with van der Waals surface area (Å²) in [6, 6.07) is 0. The van der Waals surface area contributed by atoms with Gasteiger partial charge in [-0.1, -0.05) is 71.1 Å². The molecular weight excluding hydrogens is 348 g/mol. The van der Waals surface area contributed by atoms with E-state index < -0.39 is 0 Å². The number of unbranched alkanes of at least 4 members (excludes halogenated alkanes) is 12. The van der Waals surface area contributed by atoms with Gasteiger partial charge in [0, 0.05) is 32.1 Å². The highest BCUT2D eigenvalue weighted by Gasteiger charge is 2.03. The second kappa shape index (κ2) is 20.7. The lowest BCUT2D eigenvalue weighted by Gasteiger charge is -2.04. The van der Waals surface area contributed by atoms with Gasteiger partial charge in [-0.2, -0.15) is 0 Å². The van der Waals surface area contributed by atoms with Crippen molar-refractivity contribution in [3.8, 4) is 0 Å². The Hall–Kier alpha value is -0.990. The molecule has 0 aliphatic carbocycles. The molecule has 0 unspecified atom stereocenters. The molecule has 3 nitrogen and oxygen atoms in total. The Kier molecular flexibility index (Phi) is 20.0. The van der Waals surface area contributed by atoms with Gasteiger partial charge in [-0.3, -0.25) is 9.59 Å². The lowest BCUT2D eigenvalue weighted by Crippen LogP contribution is -1.98. The summed E-state index contributed by atoms with van der Waals surface area (Å²) >= 11 is 0. The third-order valence-electron chi connectivity index (χ3n) is 5.42. The van der Waals surface area contributed by atoms with Crippen LogP contribution in [0.4, 0.5) is 0 Å². The van der Waals surface area contributed by atoms with E-state index in [1.165, 1.54) is 44.9 Å². The van der Waals surface area contributed by atoms with E-state index in [4.69, 9.17) is 0 Å². The highest BCUT2D eigenvalue weighted by molar-refractivity contribution is 5.78. The second-order valence-corrected chi connectivity index (χ2v) is 8.48. The minimum atomic E-state index is 0.283. The Balaban J connectivity index is 3.22. The fourth-order valence-electron chi connectivity index (χ4n) is 3.64. The SMILES string of the molecule is CCCC(=O)CCCCCCCCCCCC(=O)CCCCCCCC(C)=O. The summed E-state index contributed by atoms with van der Waals surface area (Å²) in [5.41, 5.74) is 0. The minimum Gasteiger partial charge on any atom is -0.300 e. The van der Waals surface area contributed by atoms with Crippen molar-refractivity contribution < 1.29 is 14.4 Å². The highest BCUT2D eigenvalue weighted by atomic mass is 16.1. The molecule has 0 fully saturated rings. The molecule has 0 aliphatic heterocycles. The number of Topliss-reactive ketones (excluding diaryl/α,β-unsaturated/α-hetero) is 3. The summed E-state index contributed by atoms with van der Waals surface area (Å²) < 4.78 is 0. The Bertz CT molecular complexity index is 401. The summed E-state index contributed by atoms with van der Waals surface area (Å²) in [5.74, 6) is 1.15. The van der Waals surface area contributed by atoms with Gasteiger partial charge in [0.15, 0.2) is 0 Å². The molecule has 0 radical (unpaired) electrons. The van der Waals surface area contributed by atoms with E-state index >= 15 is 0 Å². The van der Waals surface area contributed by atoms with Crippen molar-refractivity contribution in [1.29, 1.82) is 0 Å². The average Bonchev–Trinajstić information content (AvgIpc) is 2.65. The molecule has 0 heterocycles. The highest BCUT2D eigenvalue weighted by Crippen LogP contribution is 2.13. The fourth-order valence-corrected chi connectivity index (χ4v) is 3.64. The molecular formula is C25H46O3. The van der Waals surface area contributed by atoms with Crippen molar-refractivity contribution in [2.45, 2.75) is 142 Å². The van der Waals surface area contributed by atoms with Crippen LogP contribution in [-0.2, 0) is 14.4 Å². The van der Waals surface area contributed by atoms with Crippen molar-refractivity contribution in [2.24, 2.45) is 0 Å². The molecule has 0 atom stereocenters. The fraction of sp³-hybridized carbons (Fsp3) is 0.880. The predicted molar refractivity (Wildman–Crippen MR) is 119 cm³/mol. The Morgan fingerprint density at radius 2 is 0.714 bits per heavy atom. The molecule has 0 aliphatic rings. The lowest BCUT2D eigenvalue weighted by molar-refractivity contribution is -0.120. The maximum atomic E-state index is 11.9. The van der Waals surface area contributed by atoms with Crippen LogP contribution < -0.4 is 0 Å². The van der Waals surface area contributed by atoms with Gasteiger partial charge in [0.2, 0.25) is 0 Å². The smallest absolute Gasteiger partial charge is 0.132 e. The zero-order valence-corrected chi connectivity index (χ0v) is 18.9. The first-order chi connectivity index (χ1) is 13.6. The topological polar surface area (TPSA) is 51.2 Å². The predicted octanol–water partition coefficient (Wildman–Crippen LogP) is 7.54. The van der Waals surface area contributed by atoms with Crippen molar-refractivity contribution in [3.05, 3.63) is 0 Å². The number of hydrogen-bond acceptors (Lipinski definition) is 3. The molecule has 0 rings (SSSR count). The summed E-state index contributed by atoms with van der Waals surface area (Å²) in [7, 11) is 0. The van der Waals surface area contributed by atoms with Crippen LogP contribution in [0, 0.1) is 0 Å². The van der Waals surface area contributed by atoms with E-state index in [1.54, 1.807) is 6.92 Å². The zero-order valence-electron chi connectivity index (χ0n) is 18.9. The standard InChI is InChI=1S/C25H46O3/c1-3-18-24(27)20-15-11-7-5-4-6-8-12-16-21-25(28)22-17-13-9-10-14-19-23(2)26/h3-22H2,1-2H3. The van der Waals surface area contributed by atoms with Gasteiger partial charge in [0.25, 0.3) is 0 Å². The Labute approximate surface area is 174 Å². The van der Waals surface area contributed by atoms with E-state index in [9.17, 15) is 14.4 Å². The zero-order chi connectivity index (χ0) is 20.9. The van der Waals surface area contributed by atoms with Gasteiger partial charge in [-0.25, -0.2) is 0 Å². The van der Waals surface area contributed by atoms with Crippen LogP contribution in [0.25, 0.3) is 0 Å². The van der Waals surface area contributed by atoms with Crippen molar-refractivity contribution in [1.82, 2.24) is 0 Å². The second-order valence-electron chi connectivity index (χ2n) is 8.48. The first-order valence-corrected chi connectivity index (χ1v) is 12.1. The monoisotopic (exact) mass is 394 g/mol. The van der Waals surface area contributed by atoms with Gasteiger partial charge in [-0.15, -0.1) is 0 Å². The minimum absolute atomic E-state index is 0.283. The van der Waals surface area contributed by atoms with E-state index in [1.807, 2.05) is 0 Å². The molecule has 0 saturated carbocycles. The quantitative estimate of drug-likeness (QED) is 0.178. The number of rotatable bonds is 22. The van der Waals surface area contributed by atoms with Gasteiger partial charge < -0.3 is 4.79 Å². The third-order valence-corrected chi connectivity index (χ3v) is 5.42. The lowest BCUT2D eigenvalue weighted by atomic mass is 10.0. The van der Waals surface area contributed by atoms with Gasteiger partial charge >= 0.3 is 0 Å². The average molecular weight is 395 g/mol. The largest absolute Gasteiger partial charge is 0.300 e. The molecule has 3 heteroatoms. The normalized spacial score (nSPS) is 10.9. The number of hydrogen-bond donors (Lipinski definition) is 0. The van der Waals surface area contributed by atoms with E-state index in [0.29, 0.717) is 18.0 Å². The van der Waals surface area contributed by atoms with Crippen LogP contribution in [0.1, 0.15) is 142 Å². The van der Waals surface area contributed by atoms with Gasteiger partial charge in [0.1, 0.15) is 17.3 Å². The van der Waals surface area contributed by atoms with Crippen molar-refractivity contribution in [3.63, 3.8) is 0 Å². The van der Waals surface area contributed by atoms with Crippen molar-refractivity contribution >= 4 is 17.3 Å². The summed E-state index contributed by atoms with van der Waals surface area (Å²) in [5, 5.41) is 0. The molecule has 0 aromatic heterocycles. The van der Waals surface area contributed by atoms with Crippen LogP contribution in [0.15, 0.2) is 0 Å². The third kappa shape index (κ3) is 21.3. The van der Waals surface area contributed by atoms with E-state index in [2.05, 4.69) is 6.92 Å². The van der Waals surface area contributed by atoms with Crippen LogP contribution in [-0.4, -0.2) is 17.3 Å². The molecule has 0 bridgehead atoms. The van der Waals surface area contributed by atoms with E-state index in [-0.39, 0.29) is 5.78 Å². The summed E-state index contributed by atoms with van der Waals surface area (Å²) in [6.07, 6.45) is 21.0. The van der Waals surface area contributed by atoms with Crippen LogP contribution >= 0.6 is 0 Å². The molecule has 28 heavy (non-hydrogen) atoms. The van der Waals surface area contributed by atoms with Crippen molar-refractivity contribution in [2.75, 3.05) is 0 Å². The molecule has 0 spiro atoms. The van der Waals surface area contributed by atoms with Gasteiger partial charge in [0.05, 0.1) is 0 Å². The summed E-state index contributed by atoms with van der Waals surface area (Å²) in [4.78, 5) is 34.1. The Morgan fingerprint density at radius 1 is 0.429 bits per heavy atom. The van der Waals surface area contributed by atoms with Gasteiger partial charge in [-0.05, 0) is 39.0 Å². The maximum absolute atomic E-state index is 11.9.